The lowest BCUT2D eigenvalue weighted by Crippen LogP contribution is -2.08. The Morgan fingerprint density at radius 1 is 1.05 bits per heavy atom. The van der Waals surface area contributed by atoms with E-state index in [9.17, 15) is 8.78 Å². The van der Waals surface area contributed by atoms with Crippen molar-refractivity contribution < 1.29 is 18.3 Å². The number of halogens is 2. The Labute approximate surface area is 115 Å². The van der Waals surface area contributed by atoms with Crippen LogP contribution >= 0.6 is 0 Å². The highest BCUT2D eigenvalue weighted by Crippen LogP contribution is 2.35. The molecule has 0 amide bonds. The van der Waals surface area contributed by atoms with Crippen molar-refractivity contribution in [1.82, 2.24) is 0 Å². The van der Waals surface area contributed by atoms with Gasteiger partial charge in [0.2, 0.25) is 6.79 Å². The molecule has 0 radical (unpaired) electrons. The average molecular weight is 277 g/mol. The van der Waals surface area contributed by atoms with Gasteiger partial charge in [-0.05, 0) is 25.1 Å². The fraction of sp³-hybridized carbons (Fsp3) is 0.200. The van der Waals surface area contributed by atoms with Crippen molar-refractivity contribution in [3.8, 4) is 11.5 Å². The zero-order chi connectivity index (χ0) is 14.1. The first-order valence-electron chi connectivity index (χ1n) is 6.24. The first kappa shape index (κ1) is 12.7. The Kier molecular flexibility index (Phi) is 3.18. The number of hydrogen-bond acceptors (Lipinski definition) is 3. The molecular formula is C15H13F2NO2. The van der Waals surface area contributed by atoms with Crippen molar-refractivity contribution in [3.05, 3.63) is 53.6 Å². The molecule has 20 heavy (non-hydrogen) atoms. The van der Waals surface area contributed by atoms with Gasteiger partial charge in [-0.15, -0.1) is 0 Å². The number of anilines is 1. The van der Waals surface area contributed by atoms with Crippen molar-refractivity contribution in [1.29, 1.82) is 0 Å². The summed E-state index contributed by atoms with van der Waals surface area (Å²) in [6.07, 6.45) is 0. The van der Waals surface area contributed by atoms with Crippen LogP contribution in [-0.4, -0.2) is 6.79 Å². The maximum atomic E-state index is 13.7. The molecule has 1 atom stereocenters. The third-order valence-corrected chi connectivity index (χ3v) is 3.18. The summed E-state index contributed by atoms with van der Waals surface area (Å²) in [6, 6.07) is 8.68. The molecule has 3 rings (SSSR count). The van der Waals surface area contributed by atoms with Gasteiger partial charge in [-0.25, -0.2) is 8.78 Å². The van der Waals surface area contributed by atoms with Gasteiger partial charge in [0.1, 0.15) is 11.6 Å². The van der Waals surface area contributed by atoms with Crippen LogP contribution in [0.4, 0.5) is 14.5 Å². The van der Waals surface area contributed by atoms with Crippen molar-refractivity contribution in [3.63, 3.8) is 0 Å². The van der Waals surface area contributed by atoms with Gasteiger partial charge in [-0.2, -0.15) is 0 Å². The average Bonchev–Trinajstić information content (AvgIpc) is 2.85. The van der Waals surface area contributed by atoms with Crippen molar-refractivity contribution >= 4 is 5.69 Å². The number of rotatable bonds is 3. The highest BCUT2D eigenvalue weighted by molar-refractivity contribution is 5.56. The predicted molar refractivity (Wildman–Crippen MR) is 71.0 cm³/mol. The second-order valence-corrected chi connectivity index (χ2v) is 4.60. The predicted octanol–water partition coefficient (Wildman–Crippen LogP) is 3.87. The number of nitrogens with one attached hydrogen (secondary N) is 1. The van der Waals surface area contributed by atoms with Gasteiger partial charge in [0, 0.05) is 23.4 Å². The lowest BCUT2D eigenvalue weighted by atomic mass is 10.1. The van der Waals surface area contributed by atoms with E-state index in [-0.39, 0.29) is 12.8 Å². The molecule has 1 aliphatic heterocycles. The lowest BCUT2D eigenvalue weighted by Gasteiger charge is -2.16. The molecule has 2 aromatic carbocycles. The molecule has 3 nitrogen and oxygen atoms in total. The topological polar surface area (TPSA) is 30.5 Å². The van der Waals surface area contributed by atoms with Gasteiger partial charge in [0.25, 0.3) is 0 Å². The molecule has 0 aromatic heterocycles. The minimum Gasteiger partial charge on any atom is -0.454 e. The summed E-state index contributed by atoms with van der Waals surface area (Å²) in [5.74, 6) is 0.199. The summed E-state index contributed by atoms with van der Waals surface area (Å²) in [7, 11) is 0. The van der Waals surface area contributed by atoms with Crippen molar-refractivity contribution in [2.75, 3.05) is 12.1 Å². The van der Waals surface area contributed by atoms with Gasteiger partial charge in [-0.1, -0.05) is 6.07 Å². The van der Waals surface area contributed by atoms with E-state index >= 15 is 0 Å². The number of hydrogen-bond donors (Lipinski definition) is 1. The lowest BCUT2D eigenvalue weighted by molar-refractivity contribution is 0.174. The summed E-state index contributed by atoms with van der Waals surface area (Å²) in [6.45, 7) is 2.02. The van der Waals surface area contributed by atoms with Crippen LogP contribution in [0.2, 0.25) is 0 Å². The Morgan fingerprint density at radius 2 is 1.85 bits per heavy atom. The molecule has 1 aliphatic rings. The van der Waals surface area contributed by atoms with E-state index in [1.54, 1.807) is 19.1 Å². The van der Waals surface area contributed by atoms with E-state index in [1.165, 1.54) is 12.1 Å². The molecular weight excluding hydrogens is 264 g/mol. The Balaban J connectivity index is 1.80. The molecule has 1 unspecified atom stereocenters. The van der Waals surface area contributed by atoms with Crippen LogP contribution in [0.3, 0.4) is 0 Å². The van der Waals surface area contributed by atoms with E-state index in [0.717, 1.165) is 11.8 Å². The quantitative estimate of drug-likeness (QED) is 0.924. The first-order valence-corrected chi connectivity index (χ1v) is 6.24. The number of benzene rings is 2. The summed E-state index contributed by atoms with van der Waals surface area (Å²) in [5.41, 5.74) is 1.19. The van der Waals surface area contributed by atoms with E-state index in [1.807, 2.05) is 6.07 Å². The highest BCUT2D eigenvalue weighted by atomic mass is 19.1. The third-order valence-electron chi connectivity index (χ3n) is 3.18. The van der Waals surface area contributed by atoms with Gasteiger partial charge in [0.15, 0.2) is 11.5 Å². The van der Waals surface area contributed by atoms with E-state index in [4.69, 9.17) is 9.47 Å². The van der Waals surface area contributed by atoms with Crippen LogP contribution in [0.15, 0.2) is 36.4 Å². The molecule has 0 saturated carbocycles. The minimum absolute atomic E-state index is 0.209. The zero-order valence-corrected chi connectivity index (χ0v) is 10.8. The fourth-order valence-electron chi connectivity index (χ4n) is 2.17. The van der Waals surface area contributed by atoms with Crippen LogP contribution in [-0.2, 0) is 0 Å². The van der Waals surface area contributed by atoms with Crippen LogP contribution in [0.5, 0.6) is 11.5 Å². The number of ether oxygens (including phenoxy) is 2. The monoisotopic (exact) mass is 277 g/mol. The minimum atomic E-state index is -0.582. The summed E-state index contributed by atoms with van der Waals surface area (Å²) in [5, 5.41) is 3.15. The molecule has 1 heterocycles. The summed E-state index contributed by atoms with van der Waals surface area (Å²) in [4.78, 5) is 0. The van der Waals surface area contributed by atoms with E-state index < -0.39 is 11.6 Å². The normalized spacial score (nSPS) is 14.2. The Bertz CT molecular complexity index is 646. The second-order valence-electron chi connectivity index (χ2n) is 4.60. The summed E-state index contributed by atoms with van der Waals surface area (Å²) < 4.78 is 37.1. The smallest absolute Gasteiger partial charge is 0.231 e. The first-order chi connectivity index (χ1) is 9.63. The summed E-state index contributed by atoms with van der Waals surface area (Å²) >= 11 is 0. The molecule has 2 aromatic rings. The maximum Gasteiger partial charge on any atom is 0.231 e. The maximum absolute atomic E-state index is 13.7. The van der Waals surface area contributed by atoms with Crippen LogP contribution < -0.4 is 14.8 Å². The van der Waals surface area contributed by atoms with Crippen LogP contribution in [0.25, 0.3) is 0 Å². The molecule has 0 aliphatic carbocycles. The van der Waals surface area contributed by atoms with Gasteiger partial charge in [-0.3, -0.25) is 0 Å². The molecule has 0 fully saturated rings. The van der Waals surface area contributed by atoms with E-state index in [0.29, 0.717) is 17.1 Å². The molecule has 104 valence electrons. The fourth-order valence-corrected chi connectivity index (χ4v) is 2.17. The van der Waals surface area contributed by atoms with E-state index in [2.05, 4.69) is 5.32 Å². The largest absolute Gasteiger partial charge is 0.454 e. The molecule has 0 bridgehead atoms. The number of fused-ring (bicyclic) bond motifs is 1. The highest BCUT2D eigenvalue weighted by Gasteiger charge is 2.15. The van der Waals surface area contributed by atoms with Crippen molar-refractivity contribution in [2.45, 2.75) is 13.0 Å². The van der Waals surface area contributed by atoms with Gasteiger partial charge >= 0.3 is 0 Å². The second kappa shape index (κ2) is 5.00. The molecule has 0 spiro atoms. The molecule has 1 N–H and O–H groups in total. The Morgan fingerprint density at radius 3 is 2.65 bits per heavy atom. The van der Waals surface area contributed by atoms with Gasteiger partial charge in [0.05, 0.1) is 6.04 Å². The Hall–Kier alpha value is -2.30. The standard InChI is InChI=1S/C15H13F2NO2/c1-9(12-4-2-10(16)6-13(12)17)18-11-3-5-14-15(7-11)20-8-19-14/h2-7,9,18H,8H2,1H3. The molecule has 0 saturated heterocycles. The van der Waals surface area contributed by atoms with Crippen LogP contribution in [0, 0.1) is 11.6 Å². The molecule has 5 heteroatoms. The SMILES string of the molecule is CC(Nc1ccc2c(c1)OCO2)c1ccc(F)cc1F. The zero-order valence-electron chi connectivity index (χ0n) is 10.8. The van der Waals surface area contributed by atoms with Crippen molar-refractivity contribution in [2.24, 2.45) is 0 Å². The van der Waals surface area contributed by atoms with Gasteiger partial charge < -0.3 is 14.8 Å². The van der Waals surface area contributed by atoms with Crippen LogP contribution in [0.1, 0.15) is 18.5 Å². The third kappa shape index (κ3) is 2.39.